The normalized spacial score (nSPS) is 10.2. The number of nitrogens with two attached hydrogens (primary N) is 1. The van der Waals surface area contributed by atoms with Crippen LogP contribution < -0.4 is 10.5 Å². The Hall–Kier alpha value is -2.04. The van der Waals surface area contributed by atoms with Crippen molar-refractivity contribution >= 4 is 5.95 Å². The third kappa shape index (κ3) is 2.25. The molecule has 0 radical (unpaired) electrons. The topological polar surface area (TPSA) is 74.2 Å². The molecule has 5 nitrogen and oxygen atoms in total. The third-order valence-electron chi connectivity index (χ3n) is 1.88. The van der Waals surface area contributed by atoms with Crippen molar-refractivity contribution in [2.75, 3.05) is 5.73 Å². The van der Waals surface area contributed by atoms with Crippen molar-refractivity contribution in [2.45, 2.75) is 13.5 Å². The van der Waals surface area contributed by atoms with Crippen molar-refractivity contribution in [3.63, 3.8) is 0 Å². The summed E-state index contributed by atoms with van der Waals surface area (Å²) in [5.41, 5.74) is 6.29. The van der Waals surface area contributed by atoms with Gasteiger partial charge in [-0.25, -0.2) is 4.98 Å². The molecule has 2 N–H and O–H groups in total. The van der Waals surface area contributed by atoms with Gasteiger partial charge in [0.05, 0.1) is 6.26 Å². The van der Waals surface area contributed by atoms with E-state index in [-0.39, 0.29) is 5.95 Å². The van der Waals surface area contributed by atoms with Crippen LogP contribution in [0.2, 0.25) is 0 Å². The molecule has 0 amide bonds. The van der Waals surface area contributed by atoms with Gasteiger partial charge >= 0.3 is 0 Å². The highest BCUT2D eigenvalue weighted by molar-refractivity contribution is 5.28. The Morgan fingerprint density at radius 1 is 1.53 bits per heavy atom. The van der Waals surface area contributed by atoms with Gasteiger partial charge in [-0.1, -0.05) is 0 Å². The average molecular weight is 205 g/mol. The lowest BCUT2D eigenvalue weighted by atomic mass is 10.4. The van der Waals surface area contributed by atoms with Crippen molar-refractivity contribution in [3.05, 3.63) is 35.9 Å². The first kappa shape index (κ1) is 9.51. The number of hydrogen-bond acceptors (Lipinski definition) is 5. The molecule has 0 aliphatic heterocycles. The molecule has 2 heterocycles. The van der Waals surface area contributed by atoms with Crippen molar-refractivity contribution in [3.8, 4) is 5.88 Å². The van der Waals surface area contributed by atoms with Crippen molar-refractivity contribution in [1.29, 1.82) is 0 Å². The SMILES string of the molecule is Cc1cnc(N)nc1OCc1ccco1. The Morgan fingerprint density at radius 2 is 2.40 bits per heavy atom. The minimum atomic E-state index is 0.204. The van der Waals surface area contributed by atoms with Gasteiger partial charge in [-0.05, 0) is 19.1 Å². The summed E-state index contributed by atoms with van der Waals surface area (Å²) in [6.07, 6.45) is 3.22. The molecule has 0 saturated carbocycles. The van der Waals surface area contributed by atoms with E-state index in [0.29, 0.717) is 12.5 Å². The lowest BCUT2D eigenvalue weighted by Gasteiger charge is -2.05. The predicted molar refractivity (Wildman–Crippen MR) is 54.2 cm³/mol. The zero-order chi connectivity index (χ0) is 10.7. The van der Waals surface area contributed by atoms with E-state index in [1.54, 1.807) is 18.5 Å². The van der Waals surface area contributed by atoms with Gasteiger partial charge in [0.15, 0.2) is 0 Å². The Bertz CT molecular complexity index is 440. The van der Waals surface area contributed by atoms with E-state index < -0.39 is 0 Å². The summed E-state index contributed by atoms with van der Waals surface area (Å²) in [7, 11) is 0. The number of ether oxygens (including phenoxy) is 1. The Kier molecular flexibility index (Phi) is 2.53. The first-order chi connectivity index (χ1) is 7.25. The molecule has 0 saturated heterocycles. The number of rotatable bonds is 3. The smallest absolute Gasteiger partial charge is 0.223 e. The van der Waals surface area contributed by atoms with E-state index in [0.717, 1.165) is 11.3 Å². The first-order valence-electron chi connectivity index (χ1n) is 4.50. The quantitative estimate of drug-likeness (QED) is 0.822. The molecule has 2 aromatic heterocycles. The highest BCUT2D eigenvalue weighted by atomic mass is 16.5. The molecule has 2 aromatic rings. The van der Waals surface area contributed by atoms with E-state index in [2.05, 4.69) is 9.97 Å². The van der Waals surface area contributed by atoms with Gasteiger partial charge in [0.2, 0.25) is 11.8 Å². The van der Waals surface area contributed by atoms with Crippen LogP contribution in [0.1, 0.15) is 11.3 Å². The molecule has 2 rings (SSSR count). The van der Waals surface area contributed by atoms with Crippen LogP contribution in [0.15, 0.2) is 29.0 Å². The molecular weight excluding hydrogens is 194 g/mol. The fourth-order valence-electron chi connectivity index (χ4n) is 1.12. The molecule has 5 heteroatoms. The van der Waals surface area contributed by atoms with Crippen LogP contribution in [0.25, 0.3) is 0 Å². The van der Waals surface area contributed by atoms with Crippen LogP contribution in [-0.2, 0) is 6.61 Å². The van der Waals surface area contributed by atoms with Crippen LogP contribution in [0, 0.1) is 6.92 Å². The number of furan rings is 1. The highest BCUT2D eigenvalue weighted by Crippen LogP contribution is 2.15. The van der Waals surface area contributed by atoms with Crippen molar-refractivity contribution in [2.24, 2.45) is 0 Å². The summed E-state index contributed by atoms with van der Waals surface area (Å²) in [4.78, 5) is 7.82. The van der Waals surface area contributed by atoms with Gasteiger partial charge in [-0.3, -0.25) is 0 Å². The van der Waals surface area contributed by atoms with Gasteiger partial charge in [-0.2, -0.15) is 4.98 Å². The number of nitrogen functional groups attached to an aromatic ring is 1. The van der Waals surface area contributed by atoms with Crippen molar-refractivity contribution < 1.29 is 9.15 Å². The van der Waals surface area contributed by atoms with Crippen LogP contribution in [0.5, 0.6) is 5.88 Å². The lowest BCUT2D eigenvalue weighted by Crippen LogP contribution is -2.02. The van der Waals surface area contributed by atoms with Crippen LogP contribution >= 0.6 is 0 Å². The lowest BCUT2D eigenvalue weighted by molar-refractivity contribution is 0.259. The Morgan fingerprint density at radius 3 is 3.13 bits per heavy atom. The number of nitrogens with zero attached hydrogens (tertiary/aromatic N) is 2. The summed E-state index contributed by atoms with van der Waals surface area (Å²) in [5.74, 6) is 1.43. The summed E-state index contributed by atoms with van der Waals surface area (Å²) < 4.78 is 10.6. The fourth-order valence-corrected chi connectivity index (χ4v) is 1.12. The maximum absolute atomic E-state index is 5.45. The van der Waals surface area contributed by atoms with E-state index in [1.165, 1.54) is 0 Å². The monoisotopic (exact) mass is 205 g/mol. The molecule has 78 valence electrons. The standard InChI is InChI=1S/C10H11N3O2/c1-7-5-12-10(11)13-9(7)15-6-8-3-2-4-14-8/h2-5H,6H2,1H3,(H2,11,12,13). The van der Waals surface area contributed by atoms with E-state index in [9.17, 15) is 0 Å². The second-order valence-corrected chi connectivity index (χ2v) is 3.08. The largest absolute Gasteiger partial charge is 0.469 e. The maximum Gasteiger partial charge on any atom is 0.223 e. The number of hydrogen-bond donors (Lipinski definition) is 1. The first-order valence-corrected chi connectivity index (χ1v) is 4.50. The summed E-state index contributed by atoms with van der Waals surface area (Å²) >= 11 is 0. The Labute approximate surface area is 86.9 Å². The zero-order valence-electron chi connectivity index (χ0n) is 8.30. The third-order valence-corrected chi connectivity index (χ3v) is 1.88. The second kappa shape index (κ2) is 4.00. The van der Waals surface area contributed by atoms with Gasteiger partial charge in [-0.15, -0.1) is 0 Å². The fraction of sp³-hybridized carbons (Fsp3) is 0.200. The maximum atomic E-state index is 5.45. The average Bonchev–Trinajstić information content (AvgIpc) is 2.72. The second-order valence-electron chi connectivity index (χ2n) is 3.08. The van der Waals surface area contributed by atoms with Crippen LogP contribution in [-0.4, -0.2) is 9.97 Å². The molecule has 15 heavy (non-hydrogen) atoms. The highest BCUT2D eigenvalue weighted by Gasteiger charge is 2.04. The predicted octanol–water partition coefficient (Wildman–Crippen LogP) is 1.54. The minimum absolute atomic E-state index is 0.204. The van der Waals surface area contributed by atoms with Gasteiger partial charge in [0.1, 0.15) is 12.4 Å². The molecule has 0 unspecified atom stereocenters. The summed E-state index contributed by atoms with van der Waals surface area (Å²) in [6.45, 7) is 2.20. The van der Waals surface area contributed by atoms with Crippen molar-refractivity contribution in [1.82, 2.24) is 9.97 Å². The van der Waals surface area contributed by atoms with Gasteiger partial charge < -0.3 is 14.9 Å². The molecule has 0 atom stereocenters. The van der Waals surface area contributed by atoms with Crippen LogP contribution in [0.3, 0.4) is 0 Å². The molecule has 0 spiro atoms. The molecular formula is C10H11N3O2. The van der Waals surface area contributed by atoms with Gasteiger partial charge in [0, 0.05) is 11.8 Å². The minimum Gasteiger partial charge on any atom is -0.469 e. The zero-order valence-corrected chi connectivity index (χ0v) is 8.30. The number of aromatic nitrogens is 2. The molecule has 0 aliphatic carbocycles. The molecule has 0 fully saturated rings. The number of anilines is 1. The summed E-state index contributed by atoms with van der Waals surface area (Å²) in [5, 5.41) is 0. The number of aryl methyl sites for hydroxylation is 1. The molecule has 0 aliphatic rings. The van der Waals surface area contributed by atoms with Gasteiger partial charge in [0.25, 0.3) is 0 Å². The van der Waals surface area contributed by atoms with E-state index >= 15 is 0 Å². The molecule has 0 bridgehead atoms. The summed E-state index contributed by atoms with van der Waals surface area (Å²) in [6, 6.07) is 3.64. The molecule has 0 aromatic carbocycles. The van der Waals surface area contributed by atoms with E-state index in [1.807, 2.05) is 13.0 Å². The van der Waals surface area contributed by atoms with Crippen LogP contribution in [0.4, 0.5) is 5.95 Å². The Balaban J connectivity index is 2.07. The van der Waals surface area contributed by atoms with E-state index in [4.69, 9.17) is 14.9 Å².